The first-order valence-electron chi connectivity index (χ1n) is 10.9. The smallest absolute Gasteiger partial charge is 0.290 e. The molecule has 33 heavy (non-hydrogen) atoms. The van der Waals surface area contributed by atoms with Crippen LogP contribution in [-0.4, -0.2) is 54.0 Å². The maximum atomic E-state index is 12.9. The lowest BCUT2D eigenvalue weighted by Crippen LogP contribution is -2.51. The summed E-state index contributed by atoms with van der Waals surface area (Å²) in [6, 6.07) is 20.8. The molecule has 1 amide bonds. The van der Waals surface area contributed by atoms with Crippen molar-refractivity contribution in [1.29, 1.82) is 0 Å². The van der Waals surface area contributed by atoms with Gasteiger partial charge >= 0.3 is 0 Å². The van der Waals surface area contributed by atoms with E-state index in [-0.39, 0.29) is 18.4 Å². The summed E-state index contributed by atoms with van der Waals surface area (Å²) >= 11 is 9.64. The first-order chi connectivity index (χ1) is 15.9. The number of hydrogen-bond acceptors (Lipinski definition) is 3. The van der Waals surface area contributed by atoms with E-state index in [2.05, 4.69) is 63.3 Å². The van der Waals surface area contributed by atoms with Gasteiger partial charge in [0.25, 0.3) is 6.47 Å². The fourth-order valence-electron chi connectivity index (χ4n) is 3.90. The van der Waals surface area contributed by atoms with Crippen molar-refractivity contribution in [3.8, 4) is 0 Å². The molecular weight excluding hydrogens is 504 g/mol. The van der Waals surface area contributed by atoms with Crippen LogP contribution in [0.4, 0.5) is 0 Å². The van der Waals surface area contributed by atoms with E-state index < -0.39 is 0 Å². The molecule has 176 valence electrons. The van der Waals surface area contributed by atoms with Crippen molar-refractivity contribution in [3.05, 3.63) is 81.3 Å². The number of piperazine rings is 1. The summed E-state index contributed by atoms with van der Waals surface area (Å²) < 4.78 is 0.990. The predicted molar refractivity (Wildman–Crippen MR) is 139 cm³/mol. The summed E-state index contributed by atoms with van der Waals surface area (Å²) in [5, 5.41) is 10.0. The molecule has 0 aliphatic carbocycles. The number of likely N-dealkylation sites (N-methyl/N-ethyl adjacent to an activating group) is 1. The zero-order valence-corrected chi connectivity index (χ0v) is 21.5. The Morgan fingerprint density at radius 1 is 1.09 bits per heavy atom. The van der Waals surface area contributed by atoms with Crippen LogP contribution in [0.5, 0.6) is 0 Å². The lowest BCUT2D eigenvalue weighted by Gasteiger charge is -2.40. The zero-order chi connectivity index (χ0) is 24.4. The van der Waals surface area contributed by atoms with Gasteiger partial charge in [0.2, 0.25) is 5.91 Å². The number of halogens is 2. The topological polar surface area (TPSA) is 60.9 Å². The molecule has 1 fully saturated rings. The number of nitrogens with zero attached hydrogens (tertiary/aromatic N) is 2. The number of carbonyl (C=O) groups is 2. The Labute approximate surface area is 209 Å². The molecule has 7 heteroatoms. The van der Waals surface area contributed by atoms with Gasteiger partial charge in [-0.2, -0.15) is 0 Å². The second-order valence-corrected chi connectivity index (χ2v) is 8.79. The SMILES string of the molecule is CC.CN1CC(=O)N(CCc2ccc(Cl)cc2Br)C(c2ccc3ccccc3c2)C1.O=CO. The van der Waals surface area contributed by atoms with Crippen LogP contribution >= 0.6 is 27.5 Å². The van der Waals surface area contributed by atoms with Crippen molar-refractivity contribution < 1.29 is 14.7 Å². The van der Waals surface area contributed by atoms with Crippen LogP contribution in [0.1, 0.15) is 31.0 Å². The van der Waals surface area contributed by atoms with Crippen LogP contribution in [-0.2, 0) is 16.0 Å². The standard InChI is InChI=1S/C23H22BrClN2O.C2H6.CH2O2/c1-26-14-22(19-7-6-16-4-2-3-5-18(16)12-19)27(23(28)15-26)11-10-17-8-9-20(25)13-21(17)24;1-2;2-1-3/h2-9,12-13,22H,10-11,14-15H2,1H3;1-2H3;1H,(H,2,3). The number of carbonyl (C=O) groups excluding carboxylic acids is 1. The van der Waals surface area contributed by atoms with Gasteiger partial charge < -0.3 is 10.0 Å². The molecule has 0 radical (unpaired) electrons. The van der Waals surface area contributed by atoms with E-state index in [1.54, 1.807) is 0 Å². The second-order valence-electron chi connectivity index (χ2n) is 7.50. The van der Waals surface area contributed by atoms with E-state index in [0.717, 1.165) is 23.0 Å². The largest absolute Gasteiger partial charge is 0.483 e. The van der Waals surface area contributed by atoms with E-state index >= 15 is 0 Å². The molecule has 1 saturated heterocycles. The van der Waals surface area contributed by atoms with Crippen molar-refractivity contribution in [2.24, 2.45) is 0 Å². The molecule has 1 atom stereocenters. The minimum absolute atomic E-state index is 0.0573. The summed E-state index contributed by atoms with van der Waals surface area (Å²) in [7, 11) is 2.01. The molecule has 0 spiro atoms. The van der Waals surface area contributed by atoms with Crippen molar-refractivity contribution in [3.63, 3.8) is 0 Å². The molecule has 1 N–H and O–H groups in total. The monoisotopic (exact) mass is 532 g/mol. The Hall–Kier alpha value is -2.41. The molecule has 1 unspecified atom stereocenters. The molecule has 0 bridgehead atoms. The molecule has 1 aliphatic heterocycles. The van der Waals surface area contributed by atoms with Gasteiger partial charge in [0.05, 0.1) is 12.6 Å². The van der Waals surface area contributed by atoms with Crippen molar-refractivity contribution in [2.45, 2.75) is 26.3 Å². The number of rotatable bonds is 4. The fourth-order valence-corrected chi connectivity index (χ4v) is 4.78. The maximum Gasteiger partial charge on any atom is 0.290 e. The average Bonchev–Trinajstić information content (AvgIpc) is 2.80. The van der Waals surface area contributed by atoms with Gasteiger partial charge in [0.15, 0.2) is 0 Å². The van der Waals surface area contributed by atoms with Gasteiger partial charge in [-0.1, -0.05) is 83.8 Å². The Morgan fingerprint density at radius 2 is 1.76 bits per heavy atom. The number of benzene rings is 3. The normalized spacial score (nSPS) is 15.8. The third-order valence-corrected chi connectivity index (χ3v) is 6.36. The van der Waals surface area contributed by atoms with Gasteiger partial charge in [0.1, 0.15) is 0 Å². The molecule has 3 aromatic rings. The highest BCUT2D eigenvalue weighted by Crippen LogP contribution is 2.29. The van der Waals surface area contributed by atoms with Gasteiger partial charge in [-0.05, 0) is 53.6 Å². The quantitative estimate of drug-likeness (QED) is 0.415. The van der Waals surface area contributed by atoms with E-state index in [4.69, 9.17) is 21.5 Å². The summed E-state index contributed by atoms with van der Waals surface area (Å²) in [6.07, 6.45) is 0.789. The van der Waals surface area contributed by atoms with Gasteiger partial charge in [-0.25, -0.2) is 0 Å². The maximum absolute atomic E-state index is 12.9. The third-order valence-electron chi connectivity index (χ3n) is 5.38. The second kappa shape index (κ2) is 13.3. The van der Waals surface area contributed by atoms with Crippen LogP contribution in [0.2, 0.25) is 5.02 Å². The van der Waals surface area contributed by atoms with E-state index in [1.807, 2.05) is 44.0 Å². The Bertz CT molecular complexity index is 1080. The van der Waals surface area contributed by atoms with E-state index in [0.29, 0.717) is 18.1 Å². The van der Waals surface area contributed by atoms with Crippen LogP contribution < -0.4 is 0 Å². The van der Waals surface area contributed by atoms with E-state index in [9.17, 15) is 4.79 Å². The highest BCUT2D eigenvalue weighted by molar-refractivity contribution is 9.10. The van der Waals surface area contributed by atoms with Crippen LogP contribution in [0.15, 0.2) is 65.1 Å². The lowest BCUT2D eigenvalue weighted by molar-refractivity contribution is -0.139. The molecule has 1 heterocycles. The zero-order valence-electron chi connectivity index (χ0n) is 19.2. The Balaban J connectivity index is 0.000000714. The van der Waals surface area contributed by atoms with Gasteiger partial charge in [-0.15, -0.1) is 0 Å². The number of fused-ring (bicyclic) bond motifs is 1. The minimum atomic E-state index is -0.250. The van der Waals surface area contributed by atoms with Gasteiger partial charge in [0, 0.05) is 22.6 Å². The lowest BCUT2D eigenvalue weighted by atomic mass is 9.98. The van der Waals surface area contributed by atoms with Crippen molar-refractivity contribution >= 4 is 50.7 Å². The van der Waals surface area contributed by atoms with Crippen LogP contribution in [0.25, 0.3) is 10.8 Å². The number of amides is 1. The van der Waals surface area contributed by atoms with Crippen molar-refractivity contribution in [1.82, 2.24) is 9.80 Å². The van der Waals surface area contributed by atoms with Crippen molar-refractivity contribution in [2.75, 3.05) is 26.7 Å². The molecule has 1 aliphatic rings. The minimum Gasteiger partial charge on any atom is -0.483 e. The molecule has 4 rings (SSSR count). The molecule has 0 aromatic heterocycles. The molecule has 0 saturated carbocycles. The number of hydrogen-bond donors (Lipinski definition) is 1. The van der Waals surface area contributed by atoms with Crippen LogP contribution in [0.3, 0.4) is 0 Å². The summed E-state index contributed by atoms with van der Waals surface area (Å²) in [5.41, 5.74) is 2.35. The summed E-state index contributed by atoms with van der Waals surface area (Å²) in [6.45, 7) is 5.74. The van der Waals surface area contributed by atoms with Gasteiger partial charge in [-0.3, -0.25) is 14.5 Å². The molecule has 3 aromatic carbocycles. The highest BCUT2D eigenvalue weighted by atomic mass is 79.9. The third kappa shape index (κ3) is 7.29. The molecule has 5 nitrogen and oxygen atoms in total. The highest BCUT2D eigenvalue weighted by Gasteiger charge is 2.31. The molecular formula is C26H30BrClN2O3. The average molecular weight is 534 g/mol. The Kier molecular flexibility index (Phi) is 10.8. The summed E-state index contributed by atoms with van der Waals surface area (Å²) in [4.78, 5) is 25.4. The fraction of sp³-hybridized carbons (Fsp3) is 0.308. The Morgan fingerprint density at radius 3 is 2.42 bits per heavy atom. The first kappa shape index (κ1) is 26.8. The first-order valence-corrected chi connectivity index (χ1v) is 12.1. The van der Waals surface area contributed by atoms with Crippen LogP contribution in [0, 0.1) is 0 Å². The number of carboxylic acid groups (broad SMARTS) is 1. The predicted octanol–water partition coefficient (Wildman–Crippen LogP) is 6.04. The summed E-state index contributed by atoms with van der Waals surface area (Å²) in [5.74, 6) is 0.178. The van der Waals surface area contributed by atoms with E-state index in [1.165, 1.54) is 16.3 Å².